The molecule has 5 rings (SSSR count). The van der Waals surface area contributed by atoms with Gasteiger partial charge in [-0.2, -0.15) is 0 Å². The molecule has 0 spiro atoms. The summed E-state index contributed by atoms with van der Waals surface area (Å²) in [5.41, 5.74) is 1.34. The Morgan fingerprint density at radius 3 is 2.74 bits per heavy atom. The van der Waals surface area contributed by atoms with Crippen LogP contribution in [0.25, 0.3) is 15.9 Å². The van der Waals surface area contributed by atoms with Gasteiger partial charge in [0.1, 0.15) is 10.6 Å². The molecule has 0 fully saturated rings. The van der Waals surface area contributed by atoms with E-state index in [2.05, 4.69) is 5.32 Å². The van der Waals surface area contributed by atoms with Gasteiger partial charge in [0.05, 0.1) is 26.9 Å². The number of nitrogens with zero attached hydrogens (tertiary/aromatic N) is 2. The fourth-order valence-electron chi connectivity index (χ4n) is 4.03. The predicted octanol–water partition coefficient (Wildman–Crippen LogP) is 6.50. The number of thiophene rings is 1. The Morgan fingerprint density at radius 1 is 1.15 bits per heavy atom. The van der Waals surface area contributed by atoms with Crippen LogP contribution in [-0.2, 0) is 17.6 Å². The number of aryl methyl sites for hydroxylation is 2. The molecule has 1 N–H and O–H groups in total. The van der Waals surface area contributed by atoms with E-state index in [1.807, 2.05) is 0 Å². The molecule has 174 valence electrons. The van der Waals surface area contributed by atoms with Gasteiger partial charge in [0.15, 0.2) is 5.16 Å². The van der Waals surface area contributed by atoms with Crippen LogP contribution in [0.15, 0.2) is 52.4 Å². The molecule has 34 heavy (non-hydrogen) atoms. The number of carbonyl (C=O) groups excluding carboxylic acids is 1. The fraction of sp³-hybridized carbons (Fsp3) is 0.208. The van der Waals surface area contributed by atoms with Gasteiger partial charge in [-0.15, -0.1) is 11.3 Å². The molecule has 0 radical (unpaired) electrons. The minimum atomic E-state index is -0.531. The first-order valence-electron chi connectivity index (χ1n) is 10.6. The highest BCUT2D eigenvalue weighted by atomic mass is 35.5. The average molecular weight is 534 g/mol. The molecule has 5 nitrogen and oxygen atoms in total. The van der Waals surface area contributed by atoms with Gasteiger partial charge in [-0.05, 0) is 61.6 Å². The van der Waals surface area contributed by atoms with Crippen LogP contribution in [0.3, 0.4) is 0 Å². The zero-order chi connectivity index (χ0) is 23.8. The van der Waals surface area contributed by atoms with Crippen LogP contribution in [0, 0.1) is 5.82 Å². The minimum Gasteiger partial charge on any atom is -0.325 e. The minimum absolute atomic E-state index is 0.0300. The Labute approximate surface area is 212 Å². The second-order valence-electron chi connectivity index (χ2n) is 7.84. The lowest BCUT2D eigenvalue weighted by Gasteiger charge is -2.14. The average Bonchev–Trinajstić information content (AvgIpc) is 3.20. The van der Waals surface area contributed by atoms with Crippen LogP contribution in [0.1, 0.15) is 23.3 Å². The van der Waals surface area contributed by atoms with E-state index in [9.17, 15) is 14.0 Å². The summed E-state index contributed by atoms with van der Waals surface area (Å²) in [4.78, 5) is 32.8. The molecule has 1 amide bonds. The van der Waals surface area contributed by atoms with Crippen molar-refractivity contribution in [1.29, 1.82) is 0 Å². The number of halogens is 3. The van der Waals surface area contributed by atoms with Gasteiger partial charge >= 0.3 is 0 Å². The zero-order valence-corrected chi connectivity index (χ0v) is 20.9. The van der Waals surface area contributed by atoms with Gasteiger partial charge in [-0.3, -0.25) is 14.2 Å². The first kappa shape index (κ1) is 23.4. The lowest BCUT2D eigenvalue weighted by molar-refractivity contribution is -0.113. The summed E-state index contributed by atoms with van der Waals surface area (Å²) in [6.07, 6.45) is 3.84. The summed E-state index contributed by atoms with van der Waals surface area (Å²) in [5.74, 6) is -0.877. The molecule has 0 saturated heterocycles. The highest BCUT2D eigenvalue weighted by Gasteiger charge is 2.24. The van der Waals surface area contributed by atoms with Crippen molar-refractivity contribution in [1.82, 2.24) is 9.55 Å². The topological polar surface area (TPSA) is 64.0 Å². The first-order valence-corrected chi connectivity index (χ1v) is 13.2. The van der Waals surface area contributed by atoms with Gasteiger partial charge < -0.3 is 5.32 Å². The van der Waals surface area contributed by atoms with Crippen molar-refractivity contribution < 1.29 is 9.18 Å². The highest BCUT2D eigenvalue weighted by molar-refractivity contribution is 7.99. The van der Waals surface area contributed by atoms with Gasteiger partial charge in [0, 0.05) is 10.6 Å². The van der Waals surface area contributed by atoms with Gasteiger partial charge in [0.25, 0.3) is 5.56 Å². The van der Waals surface area contributed by atoms with E-state index in [4.69, 9.17) is 28.2 Å². The number of hydrogen-bond donors (Lipinski definition) is 1. The SMILES string of the molecule is O=C(CSc1nc2sc3c(c2c(=O)n1-c1ccccc1F)CCCC3)Nc1ccc(Cl)c(Cl)c1. The molecular formula is C24H18Cl2FN3O2S2. The van der Waals surface area contributed by atoms with Crippen molar-refractivity contribution in [3.63, 3.8) is 0 Å². The Kier molecular flexibility index (Phi) is 6.66. The second kappa shape index (κ2) is 9.70. The lowest BCUT2D eigenvalue weighted by Crippen LogP contribution is -2.24. The third-order valence-electron chi connectivity index (χ3n) is 5.59. The number of benzene rings is 2. The summed E-state index contributed by atoms with van der Waals surface area (Å²) < 4.78 is 16.0. The first-order chi connectivity index (χ1) is 16.4. The number of rotatable bonds is 5. The molecule has 0 atom stereocenters. The summed E-state index contributed by atoms with van der Waals surface area (Å²) >= 11 is 14.5. The third kappa shape index (κ3) is 4.47. The fourth-order valence-corrected chi connectivity index (χ4v) is 6.44. The number of carbonyl (C=O) groups is 1. The van der Waals surface area contributed by atoms with Gasteiger partial charge in [-0.1, -0.05) is 47.1 Å². The standard InChI is InChI=1S/C24H18Cl2FN3O2S2/c25-15-10-9-13(11-16(15)26)28-20(31)12-33-24-29-22-21(14-5-1-4-8-19(14)34-22)23(32)30(24)18-7-3-2-6-17(18)27/h2-3,6-7,9-11H,1,4-5,8,12H2,(H,28,31). The summed E-state index contributed by atoms with van der Waals surface area (Å²) in [6, 6.07) is 10.9. The van der Waals surface area contributed by atoms with Crippen molar-refractivity contribution >= 4 is 68.1 Å². The number of fused-ring (bicyclic) bond motifs is 3. The molecule has 1 aliphatic carbocycles. The molecule has 1 aliphatic rings. The van der Waals surface area contributed by atoms with Crippen LogP contribution in [0.2, 0.25) is 10.0 Å². The maximum atomic E-state index is 14.8. The predicted molar refractivity (Wildman–Crippen MR) is 138 cm³/mol. The highest BCUT2D eigenvalue weighted by Crippen LogP contribution is 2.35. The lowest BCUT2D eigenvalue weighted by atomic mass is 9.97. The Morgan fingerprint density at radius 2 is 1.94 bits per heavy atom. The molecule has 2 aromatic heterocycles. The number of hydrogen-bond acceptors (Lipinski definition) is 5. The van der Waals surface area contributed by atoms with Crippen molar-refractivity contribution in [2.24, 2.45) is 0 Å². The van der Waals surface area contributed by atoms with E-state index >= 15 is 0 Å². The number of amides is 1. The normalized spacial score (nSPS) is 13.1. The second-order valence-corrected chi connectivity index (χ2v) is 10.7. The summed E-state index contributed by atoms with van der Waals surface area (Å²) in [5, 5.41) is 4.30. The molecule has 2 heterocycles. The number of para-hydroxylation sites is 1. The Bertz CT molecular complexity index is 1490. The van der Waals surface area contributed by atoms with E-state index in [1.54, 1.807) is 36.4 Å². The van der Waals surface area contributed by atoms with Crippen molar-refractivity contribution in [3.05, 3.63) is 79.1 Å². The molecule has 0 bridgehead atoms. The van der Waals surface area contributed by atoms with Crippen LogP contribution in [-0.4, -0.2) is 21.2 Å². The Balaban J connectivity index is 1.52. The molecule has 0 saturated carbocycles. The third-order valence-corrected chi connectivity index (χ3v) is 8.45. The zero-order valence-electron chi connectivity index (χ0n) is 17.7. The maximum Gasteiger partial charge on any atom is 0.267 e. The van der Waals surface area contributed by atoms with Crippen LogP contribution >= 0.6 is 46.3 Å². The largest absolute Gasteiger partial charge is 0.325 e. The number of thioether (sulfide) groups is 1. The van der Waals surface area contributed by atoms with Crippen molar-refractivity contribution in [3.8, 4) is 5.69 Å². The maximum absolute atomic E-state index is 14.8. The quantitative estimate of drug-likeness (QED) is 0.235. The van der Waals surface area contributed by atoms with E-state index in [1.165, 1.54) is 26.8 Å². The van der Waals surface area contributed by atoms with E-state index in [0.717, 1.165) is 43.0 Å². The molecule has 0 aliphatic heterocycles. The molecule has 2 aromatic carbocycles. The van der Waals surface area contributed by atoms with Crippen molar-refractivity contribution in [2.75, 3.05) is 11.1 Å². The van der Waals surface area contributed by atoms with E-state index in [0.29, 0.717) is 25.9 Å². The number of nitrogens with one attached hydrogen (secondary N) is 1. The number of aromatic nitrogens is 2. The summed E-state index contributed by atoms with van der Waals surface area (Å²) in [7, 11) is 0. The molecule has 10 heteroatoms. The number of anilines is 1. The summed E-state index contributed by atoms with van der Waals surface area (Å²) in [6.45, 7) is 0. The van der Waals surface area contributed by atoms with Crippen LogP contribution < -0.4 is 10.9 Å². The molecule has 0 unspecified atom stereocenters. The van der Waals surface area contributed by atoms with E-state index < -0.39 is 5.82 Å². The molecule has 4 aromatic rings. The Hall–Kier alpha value is -2.39. The smallest absolute Gasteiger partial charge is 0.267 e. The molecular weight excluding hydrogens is 516 g/mol. The van der Waals surface area contributed by atoms with E-state index in [-0.39, 0.29) is 28.1 Å². The van der Waals surface area contributed by atoms with Crippen LogP contribution in [0.5, 0.6) is 0 Å². The van der Waals surface area contributed by atoms with Gasteiger partial charge in [-0.25, -0.2) is 9.37 Å². The van der Waals surface area contributed by atoms with Gasteiger partial charge in [0.2, 0.25) is 5.91 Å². The monoisotopic (exact) mass is 533 g/mol. The van der Waals surface area contributed by atoms with Crippen molar-refractivity contribution in [2.45, 2.75) is 30.8 Å². The van der Waals surface area contributed by atoms with Crippen LogP contribution in [0.4, 0.5) is 10.1 Å².